The van der Waals surface area contributed by atoms with Gasteiger partial charge in [0.2, 0.25) is 5.91 Å². The highest BCUT2D eigenvalue weighted by Crippen LogP contribution is 2.34. The summed E-state index contributed by atoms with van der Waals surface area (Å²) >= 11 is 0. The second-order valence-corrected chi connectivity index (χ2v) is 10.1. The standard InChI is InChI=1S/C29H35N3O3/c1-3-21-13-15-31(16-14-21)17-22-8-10-23(11-9-22)19-35-27-6-4-5-24-25(27)18-32(29(24)34)26-12-7-20(2)30-28(26)33/h4-6,8-11,21,26H,2-3,7,12-19H2,1H3,(H,30,33). The summed E-state index contributed by atoms with van der Waals surface area (Å²) < 4.78 is 6.17. The van der Waals surface area contributed by atoms with Crippen molar-refractivity contribution in [2.24, 2.45) is 5.92 Å². The molecule has 0 saturated carbocycles. The zero-order valence-corrected chi connectivity index (χ0v) is 20.6. The Balaban J connectivity index is 1.19. The molecule has 3 aliphatic heterocycles. The average Bonchev–Trinajstić information content (AvgIpc) is 3.21. The van der Waals surface area contributed by atoms with Gasteiger partial charge in [-0.05, 0) is 68.0 Å². The number of hydrogen-bond acceptors (Lipinski definition) is 4. The maximum Gasteiger partial charge on any atom is 0.255 e. The van der Waals surface area contributed by atoms with E-state index in [9.17, 15) is 9.59 Å². The third kappa shape index (κ3) is 5.13. The van der Waals surface area contributed by atoms with Crippen molar-refractivity contribution in [2.75, 3.05) is 13.1 Å². The molecule has 1 atom stereocenters. The van der Waals surface area contributed by atoms with E-state index < -0.39 is 6.04 Å². The second-order valence-electron chi connectivity index (χ2n) is 10.1. The van der Waals surface area contributed by atoms with Crippen molar-refractivity contribution in [3.05, 3.63) is 77.0 Å². The second kappa shape index (κ2) is 10.2. The Labute approximate surface area is 207 Å². The Morgan fingerprint density at radius 3 is 2.49 bits per heavy atom. The van der Waals surface area contributed by atoms with Crippen LogP contribution >= 0.6 is 0 Å². The third-order valence-electron chi connectivity index (χ3n) is 7.76. The first-order chi connectivity index (χ1) is 17.0. The summed E-state index contributed by atoms with van der Waals surface area (Å²) in [4.78, 5) is 29.7. The summed E-state index contributed by atoms with van der Waals surface area (Å²) in [5, 5.41) is 2.79. The van der Waals surface area contributed by atoms with Crippen molar-refractivity contribution < 1.29 is 14.3 Å². The van der Waals surface area contributed by atoms with Crippen LogP contribution in [0.1, 0.15) is 66.1 Å². The minimum absolute atomic E-state index is 0.106. The van der Waals surface area contributed by atoms with Crippen LogP contribution in [-0.4, -0.2) is 40.7 Å². The fourth-order valence-corrected chi connectivity index (χ4v) is 5.49. The molecule has 2 saturated heterocycles. The predicted octanol–water partition coefficient (Wildman–Crippen LogP) is 4.64. The lowest BCUT2D eigenvalue weighted by atomic mass is 9.94. The highest BCUT2D eigenvalue weighted by atomic mass is 16.5. The van der Waals surface area contributed by atoms with E-state index >= 15 is 0 Å². The smallest absolute Gasteiger partial charge is 0.255 e. The fourth-order valence-electron chi connectivity index (χ4n) is 5.49. The molecule has 184 valence electrons. The van der Waals surface area contributed by atoms with Crippen LogP contribution in [0.5, 0.6) is 5.75 Å². The molecule has 2 amide bonds. The lowest BCUT2D eigenvalue weighted by Gasteiger charge is -2.31. The molecule has 0 aliphatic carbocycles. The number of allylic oxidation sites excluding steroid dienone is 1. The number of carbonyl (C=O) groups excluding carboxylic acids is 2. The number of amides is 2. The van der Waals surface area contributed by atoms with Crippen LogP contribution in [0, 0.1) is 5.92 Å². The first kappa shape index (κ1) is 23.6. The van der Waals surface area contributed by atoms with Crippen LogP contribution < -0.4 is 10.1 Å². The van der Waals surface area contributed by atoms with E-state index in [4.69, 9.17) is 4.74 Å². The molecule has 2 fully saturated rings. The summed E-state index contributed by atoms with van der Waals surface area (Å²) in [5.74, 6) is 1.35. The first-order valence-electron chi connectivity index (χ1n) is 12.9. The molecule has 1 N–H and O–H groups in total. The lowest BCUT2D eigenvalue weighted by Crippen LogP contribution is -2.49. The van der Waals surface area contributed by atoms with Gasteiger partial charge in [0, 0.05) is 23.4 Å². The van der Waals surface area contributed by atoms with Crippen molar-refractivity contribution in [2.45, 2.75) is 64.8 Å². The van der Waals surface area contributed by atoms with Gasteiger partial charge in [-0.2, -0.15) is 0 Å². The van der Waals surface area contributed by atoms with E-state index in [2.05, 4.69) is 48.0 Å². The fraction of sp³-hybridized carbons (Fsp3) is 0.448. The maximum absolute atomic E-state index is 13.0. The van der Waals surface area contributed by atoms with E-state index in [0.717, 1.165) is 23.6 Å². The van der Waals surface area contributed by atoms with E-state index in [1.54, 1.807) is 4.90 Å². The molecule has 2 aromatic rings. The molecule has 0 spiro atoms. The van der Waals surface area contributed by atoms with Crippen molar-refractivity contribution >= 4 is 11.8 Å². The molecule has 1 unspecified atom stereocenters. The number of nitrogens with one attached hydrogen (secondary N) is 1. The normalized spacial score (nSPS) is 21.2. The van der Waals surface area contributed by atoms with Gasteiger partial charge in [-0.3, -0.25) is 14.5 Å². The molecule has 6 heteroatoms. The van der Waals surface area contributed by atoms with Gasteiger partial charge in [0.1, 0.15) is 18.4 Å². The molecular formula is C29H35N3O3. The number of nitrogens with zero attached hydrogens (tertiary/aromatic N) is 2. The van der Waals surface area contributed by atoms with Gasteiger partial charge < -0.3 is 15.0 Å². The largest absolute Gasteiger partial charge is 0.489 e. The minimum Gasteiger partial charge on any atom is -0.489 e. The van der Waals surface area contributed by atoms with Gasteiger partial charge in [0.05, 0.1) is 6.54 Å². The average molecular weight is 474 g/mol. The number of piperidine rings is 2. The highest BCUT2D eigenvalue weighted by molar-refractivity contribution is 6.02. The Kier molecular flexibility index (Phi) is 6.91. The predicted molar refractivity (Wildman–Crippen MR) is 136 cm³/mol. The van der Waals surface area contributed by atoms with Crippen molar-refractivity contribution in [3.8, 4) is 5.75 Å². The molecule has 2 aromatic carbocycles. The van der Waals surface area contributed by atoms with Gasteiger partial charge in [-0.1, -0.05) is 50.3 Å². The number of rotatable bonds is 7. The topological polar surface area (TPSA) is 61.9 Å². The molecule has 0 bridgehead atoms. The number of likely N-dealkylation sites (tertiary alicyclic amines) is 1. The lowest BCUT2D eigenvalue weighted by molar-refractivity contribution is -0.126. The summed E-state index contributed by atoms with van der Waals surface area (Å²) in [6, 6.07) is 13.8. The van der Waals surface area contributed by atoms with Crippen LogP contribution in [0.15, 0.2) is 54.7 Å². The van der Waals surface area contributed by atoms with Gasteiger partial charge >= 0.3 is 0 Å². The van der Waals surface area contributed by atoms with Crippen molar-refractivity contribution in [3.63, 3.8) is 0 Å². The molecule has 6 nitrogen and oxygen atoms in total. The van der Waals surface area contributed by atoms with Crippen molar-refractivity contribution in [1.82, 2.24) is 15.1 Å². The Morgan fingerprint density at radius 2 is 1.77 bits per heavy atom. The van der Waals surface area contributed by atoms with Crippen LogP contribution in [-0.2, 0) is 24.5 Å². The zero-order valence-electron chi connectivity index (χ0n) is 20.6. The van der Waals surface area contributed by atoms with E-state index in [0.29, 0.717) is 43.0 Å². The van der Waals surface area contributed by atoms with Crippen LogP contribution in [0.2, 0.25) is 0 Å². The SMILES string of the molecule is C=C1CCC(N2Cc3c(OCc4ccc(CN5CCC(CC)CC5)cc4)cccc3C2=O)C(=O)N1. The van der Waals surface area contributed by atoms with Gasteiger partial charge in [0.25, 0.3) is 5.91 Å². The summed E-state index contributed by atoms with van der Waals surface area (Å²) in [7, 11) is 0. The zero-order chi connectivity index (χ0) is 24.4. The number of hydrogen-bond donors (Lipinski definition) is 1. The molecule has 3 aliphatic rings. The third-order valence-corrected chi connectivity index (χ3v) is 7.76. The number of fused-ring (bicyclic) bond motifs is 1. The first-order valence-corrected chi connectivity index (χ1v) is 12.9. The molecule has 0 aromatic heterocycles. The summed E-state index contributed by atoms with van der Waals surface area (Å²) in [6.07, 6.45) is 5.21. The molecule has 0 radical (unpaired) electrons. The minimum atomic E-state index is -0.464. The Morgan fingerprint density at radius 1 is 1.03 bits per heavy atom. The quantitative estimate of drug-likeness (QED) is 0.637. The van der Waals surface area contributed by atoms with Gasteiger partial charge in [0.15, 0.2) is 0 Å². The molecule has 3 heterocycles. The summed E-state index contributed by atoms with van der Waals surface area (Å²) in [5.41, 5.74) is 4.64. The highest BCUT2D eigenvalue weighted by Gasteiger charge is 2.39. The van der Waals surface area contributed by atoms with E-state index in [1.807, 2.05) is 18.2 Å². The van der Waals surface area contributed by atoms with E-state index in [-0.39, 0.29) is 11.8 Å². The number of carbonyl (C=O) groups is 2. The Hall–Kier alpha value is -3.12. The number of ether oxygens (including phenoxy) is 1. The van der Waals surface area contributed by atoms with Gasteiger partial charge in [-0.15, -0.1) is 0 Å². The molecule has 35 heavy (non-hydrogen) atoms. The molecular weight excluding hydrogens is 438 g/mol. The van der Waals surface area contributed by atoms with Crippen LogP contribution in [0.3, 0.4) is 0 Å². The van der Waals surface area contributed by atoms with E-state index in [1.165, 1.54) is 37.9 Å². The van der Waals surface area contributed by atoms with Crippen molar-refractivity contribution in [1.29, 1.82) is 0 Å². The number of benzene rings is 2. The summed E-state index contributed by atoms with van der Waals surface area (Å²) in [6.45, 7) is 10.3. The Bertz CT molecular complexity index is 1100. The van der Waals surface area contributed by atoms with Crippen LogP contribution in [0.25, 0.3) is 0 Å². The monoisotopic (exact) mass is 473 g/mol. The molecule has 5 rings (SSSR count). The maximum atomic E-state index is 13.0. The van der Waals surface area contributed by atoms with Gasteiger partial charge in [-0.25, -0.2) is 0 Å². The van der Waals surface area contributed by atoms with Crippen LogP contribution in [0.4, 0.5) is 0 Å².